The molecule has 0 aliphatic carbocycles. The van der Waals surface area contributed by atoms with Gasteiger partial charge in [-0.05, 0) is 37.4 Å². The van der Waals surface area contributed by atoms with Crippen molar-refractivity contribution in [1.82, 2.24) is 9.80 Å². The van der Waals surface area contributed by atoms with E-state index >= 15 is 0 Å². The average molecular weight is 502 g/mol. The van der Waals surface area contributed by atoms with Crippen molar-refractivity contribution in [2.75, 3.05) is 27.2 Å². The van der Waals surface area contributed by atoms with Crippen LogP contribution in [-0.4, -0.2) is 58.7 Å². The minimum atomic E-state index is -0.889. The molecule has 0 aromatic heterocycles. The van der Waals surface area contributed by atoms with Crippen LogP contribution in [0.25, 0.3) is 5.76 Å². The number of likely N-dealkylation sites (tertiary alicyclic amines) is 1. The number of amides is 1. The van der Waals surface area contributed by atoms with Gasteiger partial charge >= 0.3 is 0 Å². The van der Waals surface area contributed by atoms with Crippen LogP contribution in [0.3, 0.4) is 0 Å². The molecule has 1 saturated heterocycles. The number of nitro groups is 1. The highest BCUT2D eigenvalue weighted by molar-refractivity contribution is 6.46. The Morgan fingerprint density at radius 2 is 1.76 bits per heavy atom. The Hall–Kier alpha value is -4.50. The molecule has 1 N–H and O–H groups in total. The first kappa shape index (κ1) is 25.6. The van der Waals surface area contributed by atoms with Crippen molar-refractivity contribution < 1.29 is 24.4 Å². The molecule has 1 atom stereocenters. The molecule has 0 bridgehead atoms. The first-order valence-corrected chi connectivity index (χ1v) is 11.7. The van der Waals surface area contributed by atoms with E-state index in [9.17, 15) is 24.8 Å². The van der Waals surface area contributed by atoms with E-state index in [2.05, 4.69) is 0 Å². The van der Waals surface area contributed by atoms with Crippen molar-refractivity contribution in [1.29, 1.82) is 0 Å². The second kappa shape index (κ2) is 11.0. The van der Waals surface area contributed by atoms with Gasteiger partial charge in [0.2, 0.25) is 0 Å². The number of Topliss-reactive ketones (excluding diaryl/α,β-unsaturated/α-hetero) is 1. The number of carbonyl (C=O) groups is 2. The molecule has 1 amide bonds. The van der Waals surface area contributed by atoms with E-state index in [1.54, 1.807) is 24.3 Å². The number of ether oxygens (including phenoxy) is 1. The fourth-order valence-corrected chi connectivity index (χ4v) is 4.20. The van der Waals surface area contributed by atoms with Crippen LogP contribution in [0.1, 0.15) is 22.7 Å². The Morgan fingerprint density at radius 1 is 1.03 bits per heavy atom. The van der Waals surface area contributed by atoms with Crippen LogP contribution < -0.4 is 4.74 Å². The number of aliphatic hydroxyl groups excluding tert-OH is 1. The molecule has 0 radical (unpaired) electrons. The molecule has 0 saturated carbocycles. The molecular formula is C28H27N3O6. The summed E-state index contributed by atoms with van der Waals surface area (Å²) in [5, 5.41) is 22.4. The van der Waals surface area contributed by atoms with Gasteiger partial charge < -0.3 is 19.6 Å². The molecule has 4 rings (SSSR count). The number of hydrogen-bond acceptors (Lipinski definition) is 7. The Labute approximate surface area is 214 Å². The van der Waals surface area contributed by atoms with Crippen molar-refractivity contribution in [3.8, 4) is 5.75 Å². The second-order valence-corrected chi connectivity index (χ2v) is 8.95. The molecule has 1 aliphatic rings. The molecule has 1 fully saturated rings. The number of carbonyl (C=O) groups excluding carboxylic acids is 2. The molecule has 9 heteroatoms. The van der Waals surface area contributed by atoms with E-state index < -0.39 is 28.4 Å². The fourth-order valence-electron chi connectivity index (χ4n) is 4.20. The summed E-state index contributed by atoms with van der Waals surface area (Å²) in [5.41, 5.74) is 1.29. The first-order chi connectivity index (χ1) is 17.8. The Kier molecular flexibility index (Phi) is 7.64. The van der Waals surface area contributed by atoms with Crippen LogP contribution in [0.15, 0.2) is 84.4 Å². The van der Waals surface area contributed by atoms with E-state index in [-0.39, 0.29) is 23.4 Å². The van der Waals surface area contributed by atoms with Gasteiger partial charge in [-0.2, -0.15) is 0 Å². The molecule has 0 spiro atoms. The van der Waals surface area contributed by atoms with Crippen molar-refractivity contribution in [3.05, 3.63) is 111 Å². The van der Waals surface area contributed by atoms with E-state index in [4.69, 9.17) is 4.74 Å². The molecule has 190 valence electrons. The standard InChI is InChI=1S/C28H27N3O6/c1-29(2)14-15-30-25(20-10-7-13-23(17-20)37-18-19-8-4-3-5-9-19)24(27(33)28(30)34)26(32)21-11-6-12-22(16-21)31(35)36/h3-13,16-17,25,32H,14-15,18H2,1-2H3/b26-24-. The summed E-state index contributed by atoms with van der Waals surface area (Å²) in [6.07, 6.45) is 0. The van der Waals surface area contributed by atoms with E-state index in [1.807, 2.05) is 49.3 Å². The van der Waals surface area contributed by atoms with Crippen LogP contribution in [0.5, 0.6) is 5.75 Å². The number of likely N-dealkylation sites (N-methyl/N-ethyl adjacent to an activating group) is 1. The van der Waals surface area contributed by atoms with Gasteiger partial charge in [0.15, 0.2) is 0 Å². The summed E-state index contributed by atoms with van der Waals surface area (Å²) >= 11 is 0. The zero-order valence-electron chi connectivity index (χ0n) is 20.5. The zero-order chi connectivity index (χ0) is 26.5. The number of hydrogen-bond donors (Lipinski definition) is 1. The maximum atomic E-state index is 13.2. The predicted molar refractivity (Wildman–Crippen MR) is 138 cm³/mol. The number of benzene rings is 3. The highest BCUT2D eigenvalue weighted by atomic mass is 16.6. The van der Waals surface area contributed by atoms with Crippen molar-refractivity contribution in [2.24, 2.45) is 0 Å². The molecule has 37 heavy (non-hydrogen) atoms. The summed E-state index contributed by atoms with van der Waals surface area (Å²) in [7, 11) is 3.71. The lowest BCUT2D eigenvalue weighted by Gasteiger charge is -2.27. The fraction of sp³-hybridized carbons (Fsp3) is 0.214. The Morgan fingerprint density at radius 3 is 2.46 bits per heavy atom. The minimum absolute atomic E-state index is 0.0845. The first-order valence-electron chi connectivity index (χ1n) is 11.7. The highest BCUT2D eigenvalue weighted by Gasteiger charge is 2.46. The summed E-state index contributed by atoms with van der Waals surface area (Å²) < 4.78 is 5.95. The molecule has 3 aromatic carbocycles. The number of non-ortho nitro benzene ring substituents is 1. The largest absolute Gasteiger partial charge is 0.507 e. The third kappa shape index (κ3) is 5.68. The van der Waals surface area contributed by atoms with Crippen LogP contribution in [0.2, 0.25) is 0 Å². The lowest BCUT2D eigenvalue weighted by molar-refractivity contribution is -0.384. The number of ketones is 1. The van der Waals surface area contributed by atoms with Crippen LogP contribution in [-0.2, 0) is 16.2 Å². The van der Waals surface area contributed by atoms with Gasteiger partial charge in [-0.25, -0.2) is 0 Å². The zero-order valence-corrected chi connectivity index (χ0v) is 20.5. The lowest BCUT2D eigenvalue weighted by atomic mass is 9.95. The topological polar surface area (TPSA) is 113 Å². The maximum Gasteiger partial charge on any atom is 0.295 e. The summed E-state index contributed by atoms with van der Waals surface area (Å²) in [6, 6.07) is 21.1. The second-order valence-electron chi connectivity index (χ2n) is 8.95. The van der Waals surface area contributed by atoms with Crippen LogP contribution >= 0.6 is 0 Å². The molecule has 1 unspecified atom stereocenters. The molecular weight excluding hydrogens is 474 g/mol. The van der Waals surface area contributed by atoms with Gasteiger partial charge in [-0.3, -0.25) is 19.7 Å². The summed E-state index contributed by atoms with van der Waals surface area (Å²) in [6.45, 7) is 1.06. The number of nitrogens with zero attached hydrogens (tertiary/aromatic N) is 3. The van der Waals surface area contributed by atoms with Gasteiger partial charge in [0.25, 0.3) is 17.4 Å². The normalized spacial score (nSPS) is 16.8. The third-order valence-corrected chi connectivity index (χ3v) is 6.08. The predicted octanol–water partition coefficient (Wildman–Crippen LogP) is 4.16. The molecule has 3 aromatic rings. The SMILES string of the molecule is CN(C)CCN1C(=O)C(=O)/C(=C(\O)c2cccc([N+](=O)[O-])c2)C1c1cccc(OCc2ccccc2)c1. The number of aliphatic hydroxyl groups is 1. The smallest absolute Gasteiger partial charge is 0.295 e. The van der Waals surface area contributed by atoms with Crippen molar-refractivity contribution in [3.63, 3.8) is 0 Å². The van der Waals surface area contributed by atoms with Crippen LogP contribution in [0, 0.1) is 10.1 Å². The number of nitro benzene ring substituents is 1. The Bertz CT molecular complexity index is 1350. The van der Waals surface area contributed by atoms with Crippen molar-refractivity contribution in [2.45, 2.75) is 12.6 Å². The average Bonchev–Trinajstić information content (AvgIpc) is 3.16. The van der Waals surface area contributed by atoms with E-state index in [0.717, 1.165) is 5.56 Å². The van der Waals surface area contributed by atoms with Crippen LogP contribution in [0.4, 0.5) is 5.69 Å². The van der Waals surface area contributed by atoms with Gasteiger partial charge in [0.1, 0.15) is 18.1 Å². The number of rotatable bonds is 9. The van der Waals surface area contributed by atoms with Gasteiger partial charge in [0, 0.05) is 30.8 Å². The molecule has 9 nitrogen and oxygen atoms in total. The maximum absolute atomic E-state index is 13.2. The highest BCUT2D eigenvalue weighted by Crippen LogP contribution is 2.40. The monoisotopic (exact) mass is 501 g/mol. The minimum Gasteiger partial charge on any atom is -0.507 e. The quantitative estimate of drug-likeness (QED) is 0.154. The third-order valence-electron chi connectivity index (χ3n) is 6.08. The van der Waals surface area contributed by atoms with E-state index in [0.29, 0.717) is 24.5 Å². The van der Waals surface area contributed by atoms with E-state index in [1.165, 1.54) is 29.2 Å². The molecule has 1 aliphatic heterocycles. The van der Waals surface area contributed by atoms with Gasteiger partial charge in [0.05, 0.1) is 16.5 Å². The van der Waals surface area contributed by atoms with Gasteiger partial charge in [-0.1, -0.05) is 54.6 Å². The van der Waals surface area contributed by atoms with Crippen molar-refractivity contribution >= 4 is 23.1 Å². The van der Waals surface area contributed by atoms with Gasteiger partial charge in [-0.15, -0.1) is 0 Å². The Balaban J connectivity index is 1.76. The molecule has 1 heterocycles. The lowest BCUT2D eigenvalue weighted by Crippen LogP contribution is -2.35. The summed E-state index contributed by atoms with van der Waals surface area (Å²) in [4.78, 5) is 40.3. The summed E-state index contributed by atoms with van der Waals surface area (Å²) in [5.74, 6) is -1.51.